The molecule has 0 atom stereocenters. The maximum Gasteiger partial charge on any atom is 0.0998 e. The Morgan fingerprint density at radius 1 is 0.186 bits per heavy atom. The average molecular weight is 1290 g/mol. The Morgan fingerprint density at radius 3 is 0.971 bits per heavy atom. The van der Waals surface area contributed by atoms with Crippen molar-refractivity contribution in [1.82, 2.24) is 9.13 Å². The van der Waals surface area contributed by atoms with Crippen molar-refractivity contribution >= 4 is 151 Å². The van der Waals surface area contributed by atoms with Crippen molar-refractivity contribution in [1.29, 1.82) is 10.5 Å². The summed E-state index contributed by atoms with van der Waals surface area (Å²) in [6.45, 7) is 0. The lowest BCUT2D eigenvalue weighted by Crippen LogP contribution is -1.93. The van der Waals surface area contributed by atoms with Crippen LogP contribution in [0.5, 0.6) is 0 Å². The van der Waals surface area contributed by atoms with Crippen LogP contribution in [0.15, 0.2) is 340 Å². The molecule has 0 aliphatic rings. The van der Waals surface area contributed by atoms with Crippen LogP contribution < -0.4 is 0 Å². The fourth-order valence-electron chi connectivity index (χ4n) is 17.5. The first-order valence-corrected chi connectivity index (χ1v) is 34.8. The van der Waals surface area contributed by atoms with Gasteiger partial charge in [0.25, 0.3) is 0 Å². The Hall–Kier alpha value is -13.9. The minimum absolute atomic E-state index is 0.700. The number of aromatic nitrogens is 2. The van der Waals surface area contributed by atoms with Crippen molar-refractivity contribution in [2.75, 3.05) is 0 Å². The molecular formula is C98H56N4. The quantitative estimate of drug-likeness (QED) is 0.156. The van der Waals surface area contributed by atoms with Crippen LogP contribution in [0.1, 0.15) is 11.1 Å². The molecule has 4 heteroatoms. The van der Waals surface area contributed by atoms with Crippen LogP contribution in [0.25, 0.3) is 207 Å². The van der Waals surface area contributed by atoms with E-state index in [0.717, 1.165) is 55.0 Å². The number of nitriles is 2. The molecular weight excluding hydrogens is 1230 g/mol. The van der Waals surface area contributed by atoms with Gasteiger partial charge in [-0.25, -0.2) is 0 Å². The van der Waals surface area contributed by atoms with Crippen molar-refractivity contribution in [3.8, 4) is 68.0 Å². The third kappa shape index (κ3) is 8.36. The zero-order valence-electron chi connectivity index (χ0n) is 55.1. The molecule has 4 nitrogen and oxygen atoms in total. The van der Waals surface area contributed by atoms with Crippen LogP contribution in [0.4, 0.5) is 0 Å². The van der Waals surface area contributed by atoms with Crippen molar-refractivity contribution in [2.24, 2.45) is 0 Å². The lowest BCUT2D eigenvalue weighted by Gasteiger charge is -2.18. The minimum Gasteiger partial charge on any atom is -0.309 e. The highest BCUT2D eigenvalue weighted by molar-refractivity contribution is 6.33. The highest BCUT2D eigenvalue weighted by Crippen LogP contribution is 2.51. The molecule has 102 heavy (non-hydrogen) atoms. The van der Waals surface area contributed by atoms with Gasteiger partial charge in [-0.05, 0) is 232 Å². The molecule has 0 aliphatic heterocycles. The van der Waals surface area contributed by atoms with Crippen molar-refractivity contribution in [3.63, 3.8) is 0 Å². The maximum atomic E-state index is 10.1. The summed E-state index contributed by atoms with van der Waals surface area (Å²) in [5.74, 6) is 0. The first-order chi connectivity index (χ1) is 50.5. The molecule has 0 bridgehead atoms. The van der Waals surface area contributed by atoms with Gasteiger partial charge >= 0.3 is 0 Å². The molecule has 22 aromatic rings. The lowest BCUT2D eigenvalue weighted by molar-refractivity contribution is 1.18. The predicted octanol–water partition coefficient (Wildman–Crippen LogP) is 26.4. The van der Waals surface area contributed by atoms with E-state index in [9.17, 15) is 10.5 Å². The smallest absolute Gasteiger partial charge is 0.0998 e. The Labute approximate surface area is 586 Å². The molecule has 0 amide bonds. The van der Waals surface area contributed by atoms with Crippen LogP contribution in [0.3, 0.4) is 0 Å². The van der Waals surface area contributed by atoms with E-state index >= 15 is 0 Å². The van der Waals surface area contributed by atoms with E-state index in [2.05, 4.69) is 349 Å². The van der Waals surface area contributed by atoms with E-state index in [-0.39, 0.29) is 0 Å². The van der Waals surface area contributed by atoms with Crippen LogP contribution in [-0.4, -0.2) is 9.13 Å². The van der Waals surface area contributed by atoms with Crippen LogP contribution in [-0.2, 0) is 0 Å². The number of rotatable bonds is 6. The summed E-state index contributed by atoms with van der Waals surface area (Å²) in [7, 11) is 0. The third-order valence-electron chi connectivity index (χ3n) is 21.9. The highest BCUT2D eigenvalue weighted by atomic mass is 15.0. The van der Waals surface area contributed by atoms with Gasteiger partial charge in [0.1, 0.15) is 0 Å². The van der Waals surface area contributed by atoms with Gasteiger partial charge in [0, 0.05) is 43.7 Å². The standard InChI is InChI=1S/2C49H28N2/c50-29-31-21-25-46-48-34(31)22-23-41-40(24-26-47(49(41)48)51(46)32-13-2-1-3-14-32)43-28-45-38-18-8-6-16-36(38)42(27-44(45)39-19-9-7-17-37(39)43)35-20-10-12-30-11-4-5-15-33(30)35;50-29-33-20-24-46-48-35(33)21-22-41-40(23-25-47(49(41)48)51(46)34-12-2-1-3-13-34)43-28-45-37-15-7-6-14-36(37)42(27-44(45)39-17-9-8-16-38(39)43)32-19-18-30-10-4-5-11-31(30)26-32/h2*1-28H. The zero-order valence-corrected chi connectivity index (χ0v) is 55.1. The van der Waals surface area contributed by atoms with E-state index in [1.807, 2.05) is 12.1 Å². The van der Waals surface area contributed by atoms with E-state index in [1.54, 1.807) is 0 Å². The largest absolute Gasteiger partial charge is 0.309 e. The Morgan fingerprint density at radius 2 is 0.520 bits per heavy atom. The summed E-state index contributed by atoms with van der Waals surface area (Å²) in [5, 5.41) is 49.2. The summed E-state index contributed by atoms with van der Waals surface area (Å²) in [6.07, 6.45) is 0. The van der Waals surface area contributed by atoms with Crippen molar-refractivity contribution < 1.29 is 0 Å². The number of benzene rings is 20. The topological polar surface area (TPSA) is 57.4 Å². The zero-order chi connectivity index (χ0) is 67.3. The molecule has 0 spiro atoms. The second-order valence-corrected chi connectivity index (χ2v) is 27.1. The number of fused-ring (bicyclic) bond motifs is 12. The summed E-state index contributed by atoms with van der Waals surface area (Å²) in [4.78, 5) is 0. The Kier molecular flexibility index (Phi) is 12.5. The minimum atomic E-state index is 0.700. The number of hydrogen-bond acceptors (Lipinski definition) is 2. The Bertz CT molecular complexity index is 7370. The molecule has 468 valence electrons. The molecule has 0 saturated carbocycles. The molecule has 0 fully saturated rings. The van der Waals surface area contributed by atoms with Gasteiger partial charge in [-0.2, -0.15) is 10.5 Å². The summed E-state index contributed by atoms with van der Waals surface area (Å²) in [5.41, 5.74) is 17.9. The second-order valence-electron chi connectivity index (χ2n) is 27.1. The molecule has 0 aliphatic carbocycles. The van der Waals surface area contributed by atoms with Crippen molar-refractivity contribution in [3.05, 3.63) is 351 Å². The SMILES string of the molecule is N#Cc1ccc2c3c1ccc1c(-c4cc5c6ccccc6c(-c6ccc7ccccc7c6)cc5c5ccccc45)ccc(c13)n2-c1ccccc1.N#Cc1ccc2c3c1ccc1c(-c4cc5c6ccccc6c(-c6cccc7ccccc67)cc5c5ccccc45)ccc(c13)n2-c1ccccc1. The van der Waals surface area contributed by atoms with E-state index in [4.69, 9.17) is 0 Å². The van der Waals surface area contributed by atoms with Crippen LogP contribution in [0.2, 0.25) is 0 Å². The first kappa shape index (κ1) is 57.2. The van der Waals surface area contributed by atoms with Crippen LogP contribution >= 0.6 is 0 Å². The van der Waals surface area contributed by atoms with Gasteiger partial charge in [0.05, 0.1) is 45.3 Å². The first-order valence-electron chi connectivity index (χ1n) is 34.8. The van der Waals surface area contributed by atoms with Gasteiger partial charge in [-0.3, -0.25) is 0 Å². The third-order valence-corrected chi connectivity index (χ3v) is 21.9. The van der Waals surface area contributed by atoms with Gasteiger partial charge < -0.3 is 9.13 Å². The summed E-state index contributed by atoms with van der Waals surface area (Å²) < 4.78 is 4.69. The Balaban J connectivity index is 0.000000133. The number of para-hydroxylation sites is 2. The predicted molar refractivity (Wildman–Crippen MR) is 430 cm³/mol. The molecule has 20 aromatic carbocycles. The molecule has 0 saturated heterocycles. The van der Waals surface area contributed by atoms with Gasteiger partial charge in [0.2, 0.25) is 0 Å². The molecule has 0 N–H and O–H groups in total. The fraction of sp³-hybridized carbons (Fsp3) is 0. The lowest BCUT2D eigenvalue weighted by atomic mass is 9.85. The van der Waals surface area contributed by atoms with Gasteiger partial charge in [-0.1, -0.05) is 249 Å². The van der Waals surface area contributed by atoms with Gasteiger partial charge in [0.15, 0.2) is 0 Å². The number of nitrogens with zero attached hydrogens (tertiary/aromatic N) is 4. The normalized spacial score (nSPS) is 11.9. The van der Waals surface area contributed by atoms with E-state index in [0.29, 0.717) is 11.1 Å². The second kappa shape index (κ2) is 22.3. The fourth-order valence-corrected chi connectivity index (χ4v) is 17.5. The summed E-state index contributed by atoms with van der Waals surface area (Å²) >= 11 is 0. The van der Waals surface area contributed by atoms with Gasteiger partial charge in [-0.15, -0.1) is 0 Å². The van der Waals surface area contributed by atoms with E-state index in [1.165, 1.54) is 152 Å². The van der Waals surface area contributed by atoms with E-state index < -0.39 is 0 Å². The monoisotopic (exact) mass is 1290 g/mol. The molecule has 2 aromatic heterocycles. The summed E-state index contributed by atoms with van der Waals surface area (Å²) in [6, 6.07) is 128. The molecule has 2 heterocycles. The van der Waals surface area contributed by atoms with Crippen molar-refractivity contribution in [2.45, 2.75) is 0 Å². The molecule has 0 radical (unpaired) electrons. The molecule has 22 rings (SSSR count). The number of hydrogen-bond donors (Lipinski definition) is 0. The molecule has 0 unspecified atom stereocenters. The van der Waals surface area contributed by atoms with Crippen LogP contribution in [0, 0.1) is 22.7 Å². The highest BCUT2D eigenvalue weighted by Gasteiger charge is 2.26. The maximum absolute atomic E-state index is 10.1. The average Bonchev–Trinajstić information content (AvgIpc) is 1.50.